The van der Waals surface area contributed by atoms with Gasteiger partial charge in [0, 0.05) is 24.4 Å². The van der Waals surface area contributed by atoms with Crippen molar-refractivity contribution < 1.29 is 0 Å². The second-order valence-corrected chi connectivity index (χ2v) is 4.77. The maximum atomic E-state index is 8.76. The molecule has 0 unspecified atom stereocenters. The molecular formula is C13H18N4. The lowest BCUT2D eigenvalue weighted by molar-refractivity contribution is 0.381. The van der Waals surface area contributed by atoms with Crippen LogP contribution in [0.4, 0.5) is 0 Å². The highest BCUT2D eigenvalue weighted by molar-refractivity contribution is 5.17. The van der Waals surface area contributed by atoms with E-state index in [1.165, 1.54) is 5.69 Å². The summed E-state index contributed by atoms with van der Waals surface area (Å²) in [4.78, 5) is 2.03. The third kappa shape index (κ3) is 2.33. The van der Waals surface area contributed by atoms with Crippen molar-refractivity contribution >= 4 is 0 Å². The largest absolute Gasteiger partial charge is 0.360 e. The maximum absolute atomic E-state index is 8.76. The SMILES string of the molecule is C=C1Cn2nc(C(C)C)cc2CCN1CC#N. The first-order valence-electron chi connectivity index (χ1n) is 5.98. The molecule has 0 bridgehead atoms. The Kier molecular flexibility index (Phi) is 3.19. The second kappa shape index (κ2) is 4.62. The standard InChI is InChI=1S/C13H18N4/c1-10(2)13-8-12-4-6-16(7-5-14)11(3)9-17(12)15-13/h8,10H,3-4,6-7,9H2,1-2H3. The molecule has 2 heterocycles. The van der Waals surface area contributed by atoms with Crippen molar-refractivity contribution in [1.82, 2.24) is 14.7 Å². The van der Waals surface area contributed by atoms with Gasteiger partial charge in [-0.3, -0.25) is 4.68 Å². The van der Waals surface area contributed by atoms with Gasteiger partial charge in [0.05, 0.1) is 18.3 Å². The topological polar surface area (TPSA) is 44.9 Å². The van der Waals surface area contributed by atoms with E-state index in [1.54, 1.807) is 0 Å². The number of nitriles is 1. The van der Waals surface area contributed by atoms with Crippen molar-refractivity contribution in [2.45, 2.75) is 32.7 Å². The van der Waals surface area contributed by atoms with Crippen LogP contribution in [-0.2, 0) is 13.0 Å². The van der Waals surface area contributed by atoms with E-state index in [9.17, 15) is 0 Å². The van der Waals surface area contributed by atoms with Crippen LogP contribution in [0.1, 0.15) is 31.2 Å². The van der Waals surface area contributed by atoms with Crippen LogP contribution < -0.4 is 0 Å². The molecule has 1 aromatic heterocycles. The Balaban J connectivity index is 2.21. The molecule has 0 atom stereocenters. The van der Waals surface area contributed by atoms with Gasteiger partial charge in [0.15, 0.2) is 0 Å². The Morgan fingerprint density at radius 1 is 1.59 bits per heavy atom. The molecule has 4 nitrogen and oxygen atoms in total. The predicted molar refractivity (Wildman–Crippen MR) is 66.3 cm³/mol. The van der Waals surface area contributed by atoms with Crippen LogP contribution >= 0.6 is 0 Å². The Labute approximate surface area is 102 Å². The summed E-state index contributed by atoms with van der Waals surface area (Å²) in [6, 6.07) is 4.35. The number of rotatable bonds is 2. The first-order valence-corrected chi connectivity index (χ1v) is 5.98. The fourth-order valence-corrected chi connectivity index (χ4v) is 2.05. The van der Waals surface area contributed by atoms with Crippen LogP contribution in [0.2, 0.25) is 0 Å². The zero-order valence-electron chi connectivity index (χ0n) is 10.5. The molecule has 0 aliphatic carbocycles. The number of nitrogens with zero attached hydrogens (tertiary/aromatic N) is 4. The molecule has 90 valence electrons. The predicted octanol–water partition coefficient (Wildman–Crippen LogP) is 1.90. The van der Waals surface area contributed by atoms with Crippen LogP contribution in [0.15, 0.2) is 18.3 Å². The number of fused-ring (bicyclic) bond motifs is 1. The Bertz CT molecular complexity index is 464. The van der Waals surface area contributed by atoms with Crippen molar-refractivity contribution in [1.29, 1.82) is 5.26 Å². The molecule has 0 radical (unpaired) electrons. The molecular weight excluding hydrogens is 212 g/mol. The molecule has 17 heavy (non-hydrogen) atoms. The fourth-order valence-electron chi connectivity index (χ4n) is 2.05. The smallest absolute Gasteiger partial charge is 0.105 e. The van der Waals surface area contributed by atoms with Crippen LogP contribution in [0.5, 0.6) is 0 Å². The summed E-state index contributed by atoms with van der Waals surface area (Å²) in [6.45, 7) is 10.3. The molecule has 0 amide bonds. The Hall–Kier alpha value is -1.76. The molecule has 0 saturated heterocycles. The van der Waals surface area contributed by atoms with E-state index >= 15 is 0 Å². The van der Waals surface area contributed by atoms with E-state index in [0.29, 0.717) is 19.0 Å². The van der Waals surface area contributed by atoms with Crippen LogP contribution in [0.3, 0.4) is 0 Å². The van der Waals surface area contributed by atoms with Gasteiger partial charge in [0.1, 0.15) is 6.54 Å². The molecule has 0 fully saturated rings. The van der Waals surface area contributed by atoms with Gasteiger partial charge in [-0.05, 0) is 12.0 Å². The fraction of sp³-hybridized carbons (Fsp3) is 0.538. The molecule has 4 heteroatoms. The average Bonchev–Trinajstić information content (AvgIpc) is 2.61. The minimum Gasteiger partial charge on any atom is -0.360 e. The summed E-state index contributed by atoms with van der Waals surface area (Å²) < 4.78 is 2.02. The Morgan fingerprint density at radius 2 is 2.35 bits per heavy atom. The maximum Gasteiger partial charge on any atom is 0.105 e. The lowest BCUT2D eigenvalue weighted by Gasteiger charge is -2.20. The molecule has 2 rings (SSSR count). The van der Waals surface area contributed by atoms with Gasteiger partial charge in [-0.25, -0.2) is 0 Å². The zero-order chi connectivity index (χ0) is 12.4. The minimum atomic E-state index is 0.417. The van der Waals surface area contributed by atoms with E-state index in [4.69, 9.17) is 5.26 Å². The average molecular weight is 230 g/mol. The molecule has 1 aliphatic rings. The van der Waals surface area contributed by atoms with Crippen LogP contribution in [0.25, 0.3) is 0 Å². The molecule has 0 aromatic carbocycles. The normalized spacial score (nSPS) is 15.6. The van der Waals surface area contributed by atoms with Crippen molar-refractivity contribution in [3.63, 3.8) is 0 Å². The summed E-state index contributed by atoms with van der Waals surface area (Å²) in [5.41, 5.74) is 3.36. The van der Waals surface area contributed by atoms with E-state index in [1.807, 2.05) is 9.58 Å². The highest BCUT2D eigenvalue weighted by atomic mass is 15.3. The molecule has 1 aliphatic heterocycles. The summed E-state index contributed by atoms with van der Waals surface area (Å²) >= 11 is 0. The van der Waals surface area contributed by atoms with Gasteiger partial charge >= 0.3 is 0 Å². The van der Waals surface area contributed by atoms with Gasteiger partial charge < -0.3 is 4.90 Å². The van der Waals surface area contributed by atoms with E-state index in [-0.39, 0.29) is 0 Å². The van der Waals surface area contributed by atoms with Gasteiger partial charge in [0.25, 0.3) is 0 Å². The first kappa shape index (κ1) is 11.7. The Morgan fingerprint density at radius 3 is 3.00 bits per heavy atom. The summed E-state index contributed by atoms with van der Waals surface area (Å²) in [5, 5.41) is 13.4. The number of allylic oxidation sites excluding steroid dienone is 1. The van der Waals surface area contributed by atoms with Crippen LogP contribution in [-0.4, -0.2) is 27.8 Å². The second-order valence-electron chi connectivity index (χ2n) is 4.77. The highest BCUT2D eigenvalue weighted by Gasteiger charge is 2.18. The lowest BCUT2D eigenvalue weighted by Crippen LogP contribution is -2.25. The van der Waals surface area contributed by atoms with E-state index in [2.05, 4.69) is 37.7 Å². The van der Waals surface area contributed by atoms with Gasteiger partial charge in [-0.15, -0.1) is 0 Å². The quantitative estimate of drug-likeness (QED) is 0.729. The number of hydrogen-bond donors (Lipinski definition) is 0. The van der Waals surface area contributed by atoms with Crippen LogP contribution in [0, 0.1) is 11.3 Å². The number of aromatic nitrogens is 2. The van der Waals surface area contributed by atoms with E-state index in [0.717, 1.165) is 24.4 Å². The van der Waals surface area contributed by atoms with Gasteiger partial charge in [-0.1, -0.05) is 20.4 Å². The molecule has 0 N–H and O–H groups in total. The minimum absolute atomic E-state index is 0.417. The summed E-state index contributed by atoms with van der Waals surface area (Å²) in [5.74, 6) is 0.456. The lowest BCUT2D eigenvalue weighted by atomic mass is 10.1. The monoisotopic (exact) mass is 230 g/mol. The highest BCUT2D eigenvalue weighted by Crippen LogP contribution is 2.19. The van der Waals surface area contributed by atoms with Crippen molar-refractivity contribution in [2.24, 2.45) is 0 Å². The molecule has 0 saturated carbocycles. The van der Waals surface area contributed by atoms with Gasteiger partial charge in [0.2, 0.25) is 0 Å². The molecule has 0 spiro atoms. The van der Waals surface area contributed by atoms with Crippen molar-refractivity contribution in [3.8, 4) is 6.07 Å². The third-order valence-electron chi connectivity index (χ3n) is 3.15. The summed E-state index contributed by atoms with van der Waals surface area (Å²) in [7, 11) is 0. The molecule has 1 aromatic rings. The zero-order valence-corrected chi connectivity index (χ0v) is 10.5. The number of hydrogen-bond acceptors (Lipinski definition) is 3. The van der Waals surface area contributed by atoms with Crippen molar-refractivity contribution in [2.75, 3.05) is 13.1 Å². The van der Waals surface area contributed by atoms with Crippen molar-refractivity contribution in [3.05, 3.63) is 29.7 Å². The van der Waals surface area contributed by atoms with E-state index < -0.39 is 0 Å². The van der Waals surface area contributed by atoms with Gasteiger partial charge in [-0.2, -0.15) is 10.4 Å². The third-order valence-corrected chi connectivity index (χ3v) is 3.15. The summed E-state index contributed by atoms with van der Waals surface area (Å²) in [6.07, 6.45) is 0.931. The first-order chi connectivity index (χ1) is 8.11.